The topological polar surface area (TPSA) is 24.9 Å². The van der Waals surface area contributed by atoms with E-state index in [1.54, 1.807) is 0 Å². The van der Waals surface area contributed by atoms with Crippen molar-refractivity contribution in [1.29, 1.82) is 0 Å². The van der Waals surface area contributed by atoms with E-state index in [1.165, 1.54) is 10.9 Å². The molecule has 0 amide bonds. The van der Waals surface area contributed by atoms with Crippen molar-refractivity contribution >= 4 is 10.9 Å². The second-order valence-electron chi connectivity index (χ2n) is 6.01. The predicted octanol–water partition coefficient (Wildman–Crippen LogP) is 4.63. The normalized spacial score (nSPS) is 13.1. The van der Waals surface area contributed by atoms with Crippen LogP contribution in [0.4, 0.5) is 0 Å². The van der Waals surface area contributed by atoms with E-state index in [0.717, 1.165) is 30.6 Å². The van der Waals surface area contributed by atoms with Gasteiger partial charge in [0, 0.05) is 17.1 Å². The minimum Gasteiger partial charge on any atom is -0.310 e. The quantitative estimate of drug-likeness (QED) is 0.827. The lowest BCUT2D eigenvalue weighted by Crippen LogP contribution is -2.24. The summed E-state index contributed by atoms with van der Waals surface area (Å²) in [5.41, 5.74) is 3.61. The molecule has 0 spiro atoms. The largest absolute Gasteiger partial charge is 0.310 e. The van der Waals surface area contributed by atoms with E-state index >= 15 is 0 Å². The highest BCUT2D eigenvalue weighted by molar-refractivity contribution is 5.82. The maximum atomic E-state index is 4.65. The van der Waals surface area contributed by atoms with Gasteiger partial charge in [-0.1, -0.05) is 39.0 Å². The van der Waals surface area contributed by atoms with E-state index in [0.29, 0.717) is 12.0 Å². The van der Waals surface area contributed by atoms with Crippen LogP contribution >= 0.6 is 0 Å². The molecule has 0 bridgehead atoms. The molecule has 1 atom stereocenters. The Morgan fingerprint density at radius 3 is 2.65 bits per heavy atom. The number of fused-ring (bicyclic) bond motifs is 1. The average molecular weight is 270 g/mol. The molecular formula is C18H26N2. The average Bonchev–Trinajstić information content (AvgIpc) is 2.42. The molecule has 0 aliphatic carbocycles. The smallest absolute Gasteiger partial charge is 0.0708 e. The van der Waals surface area contributed by atoms with Gasteiger partial charge in [0.25, 0.3) is 0 Å². The van der Waals surface area contributed by atoms with Crippen molar-refractivity contribution in [3.05, 3.63) is 41.6 Å². The second-order valence-corrected chi connectivity index (χ2v) is 6.01. The first kappa shape index (κ1) is 15.0. The van der Waals surface area contributed by atoms with Gasteiger partial charge in [0.1, 0.15) is 0 Å². The summed E-state index contributed by atoms with van der Waals surface area (Å²) >= 11 is 0. The van der Waals surface area contributed by atoms with Crippen LogP contribution in [0.5, 0.6) is 0 Å². The maximum Gasteiger partial charge on any atom is 0.0708 e. The van der Waals surface area contributed by atoms with Crippen molar-refractivity contribution in [3.8, 4) is 0 Å². The van der Waals surface area contributed by atoms with Crippen molar-refractivity contribution in [2.45, 2.75) is 46.6 Å². The third-order valence-electron chi connectivity index (χ3n) is 3.60. The summed E-state index contributed by atoms with van der Waals surface area (Å²) in [6.45, 7) is 9.94. The summed E-state index contributed by atoms with van der Waals surface area (Å²) in [6.07, 6.45) is 2.32. The Bertz CT molecular complexity index is 560. The summed E-state index contributed by atoms with van der Waals surface area (Å²) in [5.74, 6) is 0.677. The van der Waals surface area contributed by atoms with Gasteiger partial charge < -0.3 is 5.32 Å². The number of para-hydroxylation sites is 1. The van der Waals surface area contributed by atoms with Crippen molar-refractivity contribution in [3.63, 3.8) is 0 Å². The third kappa shape index (κ3) is 3.57. The zero-order chi connectivity index (χ0) is 14.5. The Hall–Kier alpha value is -1.41. The van der Waals surface area contributed by atoms with Crippen LogP contribution in [0.25, 0.3) is 10.9 Å². The molecule has 108 valence electrons. The zero-order valence-electron chi connectivity index (χ0n) is 13.1. The fraction of sp³-hybridized carbons (Fsp3) is 0.500. The highest BCUT2D eigenvalue weighted by Crippen LogP contribution is 2.28. The van der Waals surface area contributed by atoms with Gasteiger partial charge in [-0.3, -0.25) is 4.98 Å². The van der Waals surface area contributed by atoms with E-state index in [1.807, 2.05) is 0 Å². The fourth-order valence-electron chi connectivity index (χ4n) is 2.74. The first-order valence-electron chi connectivity index (χ1n) is 7.71. The van der Waals surface area contributed by atoms with Crippen LogP contribution in [0.1, 0.15) is 50.9 Å². The number of nitrogens with one attached hydrogen (secondary N) is 1. The summed E-state index contributed by atoms with van der Waals surface area (Å²) in [7, 11) is 0. The lowest BCUT2D eigenvalue weighted by atomic mass is 9.93. The van der Waals surface area contributed by atoms with Crippen molar-refractivity contribution in [1.82, 2.24) is 10.3 Å². The van der Waals surface area contributed by atoms with Gasteiger partial charge in [0.05, 0.1) is 5.52 Å². The fourth-order valence-corrected chi connectivity index (χ4v) is 2.74. The van der Waals surface area contributed by atoms with E-state index in [2.05, 4.69) is 68.3 Å². The van der Waals surface area contributed by atoms with Crippen molar-refractivity contribution < 1.29 is 0 Å². The molecule has 1 aromatic carbocycles. The number of rotatable bonds is 6. The second kappa shape index (κ2) is 6.85. The Labute approximate surface area is 122 Å². The molecule has 1 aromatic heterocycles. The molecule has 1 heterocycles. The number of aromatic nitrogens is 1. The van der Waals surface area contributed by atoms with Gasteiger partial charge >= 0.3 is 0 Å². The van der Waals surface area contributed by atoms with Crippen LogP contribution in [-0.2, 0) is 0 Å². The highest BCUT2D eigenvalue weighted by atomic mass is 14.9. The Kier molecular flexibility index (Phi) is 5.13. The maximum absolute atomic E-state index is 4.65. The first-order valence-corrected chi connectivity index (χ1v) is 7.71. The number of hydrogen-bond donors (Lipinski definition) is 1. The molecule has 1 unspecified atom stereocenters. The van der Waals surface area contributed by atoms with Crippen LogP contribution in [-0.4, -0.2) is 11.5 Å². The Morgan fingerprint density at radius 2 is 1.95 bits per heavy atom. The molecule has 0 fully saturated rings. The third-order valence-corrected chi connectivity index (χ3v) is 3.60. The molecular weight excluding hydrogens is 244 g/mol. The van der Waals surface area contributed by atoms with E-state index in [-0.39, 0.29) is 0 Å². The minimum absolute atomic E-state index is 0.418. The number of hydrogen-bond acceptors (Lipinski definition) is 2. The zero-order valence-corrected chi connectivity index (χ0v) is 13.1. The Morgan fingerprint density at radius 1 is 1.20 bits per heavy atom. The van der Waals surface area contributed by atoms with Crippen LogP contribution in [0.3, 0.4) is 0 Å². The summed E-state index contributed by atoms with van der Waals surface area (Å²) in [5, 5.41) is 4.99. The molecule has 0 radical (unpaired) electrons. The van der Waals surface area contributed by atoms with Gasteiger partial charge in [0.2, 0.25) is 0 Å². The van der Waals surface area contributed by atoms with Gasteiger partial charge in [0.15, 0.2) is 0 Å². The monoisotopic (exact) mass is 270 g/mol. The Balaban J connectivity index is 2.45. The molecule has 2 aromatic rings. The van der Waals surface area contributed by atoms with Gasteiger partial charge in [-0.15, -0.1) is 0 Å². The first-order chi connectivity index (χ1) is 9.61. The highest BCUT2D eigenvalue weighted by Gasteiger charge is 2.16. The number of pyridine rings is 1. The molecule has 0 saturated carbocycles. The van der Waals surface area contributed by atoms with Crippen molar-refractivity contribution in [2.75, 3.05) is 6.54 Å². The standard InChI is InChI=1S/C18H26N2/c1-5-10-19-18(11-13(2)3)16-12-14(4)20-17-9-7-6-8-15(16)17/h6-9,12-13,18-19H,5,10-11H2,1-4H3. The molecule has 2 nitrogen and oxygen atoms in total. The van der Waals surface area contributed by atoms with Crippen molar-refractivity contribution in [2.24, 2.45) is 5.92 Å². The summed E-state index contributed by atoms with van der Waals surface area (Å²) < 4.78 is 0. The van der Waals surface area contributed by atoms with E-state index in [9.17, 15) is 0 Å². The lowest BCUT2D eigenvalue weighted by Gasteiger charge is -2.23. The molecule has 0 aliphatic heterocycles. The minimum atomic E-state index is 0.418. The number of nitrogens with zero attached hydrogens (tertiary/aromatic N) is 1. The summed E-state index contributed by atoms with van der Waals surface area (Å²) in [4.78, 5) is 4.65. The van der Waals surface area contributed by atoms with Crippen LogP contribution in [0.15, 0.2) is 30.3 Å². The van der Waals surface area contributed by atoms with E-state index < -0.39 is 0 Å². The van der Waals surface area contributed by atoms with Gasteiger partial charge in [-0.25, -0.2) is 0 Å². The molecule has 2 heteroatoms. The van der Waals surface area contributed by atoms with Gasteiger partial charge in [-0.05, 0) is 49.9 Å². The lowest BCUT2D eigenvalue weighted by molar-refractivity contribution is 0.432. The molecule has 2 rings (SSSR count). The van der Waals surface area contributed by atoms with Crippen LogP contribution in [0.2, 0.25) is 0 Å². The predicted molar refractivity (Wildman–Crippen MR) is 87.0 cm³/mol. The molecule has 0 aliphatic rings. The van der Waals surface area contributed by atoms with Gasteiger partial charge in [-0.2, -0.15) is 0 Å². The molecule has 1 N–H and O–H groups in total. The van der Waals surface area contributed by atoms with Crippen LogP contribution < -0.4 is 5.32 Å². The molecule has 0 saturated heterocycles. The SMILES string of the molecule is CCCNC(CC(C)C)c1cc(C)nc2ccccc12. The van der Waals surface area contributed by atoms with E-state index in [4.69, 9.17) is 0 Å². The molecule has 20 heavy (non-hydrogen) atoms. The summed E-state index contributed by atoms with van der Waals surface area (Å²) in [6, 6.07) is 11.1. The number of aryl methyl sites for hydroxylation is 1. The number of benzene rings is 1. The van der Waals surface area contributed by atoms with Crippen LogP contribution in [0, 0.1) is 12.8 Å².